The summed E-state index contributed by atoms with van der Waals surface area (Å²) in [6.45, 7) is 16.0. The summed E-state index contributed by atoms with van der Waals surface area (Å²) >= 11 is 0. The second-order valence-electron chi connectivity index (χ2n) is 25.9. The molecule has 4 saturated carbocycles. The first kappa shape index (κ1) is 57.6. The zero-order valence-corrected chi connectivity index (χ0v) is 44.3. The molecule has 8 fully saturated rings. The van der Waals surface area contributed by atoms with E-state index in [9.17, 15) is 70.9 Å². The van der Waals surface area contributed by atoms with Crippen LogP contribution in [0, 0.1) is 50.2 Å². The van der Waals surface area contributed by atoms with E-state index in [4.69, 9.17) is 37.9 Å². The first-order valence-electron chi connectivity index (χ1n) is 27.1. The number of allylic oxidation sites excluding steroid dienone is 2. The Morgan fingerprint density at radius 2 is 1.23 bits per heavy atom. The highest BCUT2D eigenvalue weighted by Gasteiger charge is 2.70. The Labute approximate surface area is 437 Å². The van der Waals surface area contributed by atoms with Gasteiger partial charge in [-0.3, -0.25) is 4.79 Å². The lowest BCUT2D eigenvalue weighted by atomic mass is 9.33. The molecule has 27 atom stereocenters. The van der Waals surface area contributed by atoms with E-state index < -0.39 is 159 Å². The van der Waals surface area contributed by atoms with Crippen LogP contribution in [-0.4, -0.2) is 209 Å². The van der Waals surface area contributed by atoms with Gasteiger partial charge in [0.05, 0.1) is 30.8 Å². The summed E-state index contributed by atoms with van der Waals surface area (Å²) in [5, 5.41) is 130. The smallest absolute Gasteiger partial charge is 0.335 e. The summed E-state index contributed by atoms with van der Waals surface area (Å²) in [6.07, 6.45) is -23.8. The predicted molar refractivity (Wildman–Crippen MR) is 256 cm³/mol. The van der Waals surface area contributed by atoms with Gasteiger partial charge in [-0.2, -0.15) is 0 Å². The average molecular weight is 1070 g/mol. The van der Waals surface area contributed by atoms with Gasteiger partial charge in [0.1, 0.15) is 79.4 Å². The molecule has 0 radical (unpaired) electrons. The van der Waals surface area contributed by atoms with Crippen molar-refractivity contribution in [2.45, 2.75) is 242 Å². The van der Waals surface area contributed by atoms with Crippen molar-refractivity contribution in [3.63, 3.8) is 0 Å². The van der Waals surface area contributed by atoms with Crippen LogP contribution in [0.25, 0.3) is 0 Å². The summed E-state index contributed by atoms with van der Waals surface area (Å²) in [5.41, 5.74) is -0.333. The molecular formula is C53H84O22. The van der Waals surface area contributed by atoms with Gasteiger partial charge < -0.3 is 99.2 Å². The molecule has 0 aromatic carbocycles. The molecule has 4 heterocycles. The monoisotopic (exact) mass is 1070 g/mol. The fourth-order valence-corrected chi connectivity index (χ4v) is 16.3. The Balaban J connectivity index is 0.871. The maximum absolute atomic E-state index is 13.1. The standard InChI is InChI=1S/C53H84O22/c1-22-30(56)32(58)40(74-43-35(61)31(57)25(55)21-68-43)46(69-22)72-38-26(20-54)70-44(36(62)33(38)59)73-39-34(60)37(63)45(75-41(39)42(64)65)71-29-12-13-50(6)27(49(29,4)5)11-14-52(8)28(50)10-9-23-24-19-48(2,3)15-17-53(24,47(66)67)18-16-51(23,52)7/h9,22,24-41,43-46,54-63H,10-21H2,1-8H3,(H,64,65)(H,66,67)/t22-,24-,25-,26-,27+,28-,29-,30+,31+,32-,33+,34+,35-,36+,37+,38-,39+,40+,41+,43+,44+,45+,46+,50+,51-,52+,53+/m0/s1. The highest BCUT2D eigenvalue weighted by molar-refractivity contribution is 5.76. The molecule has 22 heteroatoms. The lowest BCUT2D eigenvalue weighted by Gasteiger charge is -2.71. The molecule has 9 aliphatic rings. The van der Waals surface area contributed by atoms with Crippen LogP contribution in [0.3, 0.4) is 0 Å². The molecule has 0 bridgehead atoms. The number of aliphatic hydroxyl groups excluding tert-OH is 10. The maximum atomic E-state index is 13.1. The molecule has 0 spiro atoms. The topological polar surface area (TPSA) is 351 Å². The number of hydrogen-bond donors (Lipinski definition) is 12. The fraction of sp³-hybridized carbons (Fsp3) is 0.925. The van der Waals surface area contributed by atoms with Crippen molar-refractivity contribution in [2.24, 2.45) is 50.2 Å². The van der Waals surface area contributed by atoms with E-state index in [-0.39, 0.29) is 39.4 Å². The van der Waals surface area contributed by atoms with E-state index in [1.807, 2.05) is 0 Å². The van der Waals surface area contributed by atoms with E-state index >= 15 is 0 Å². The number of aliphatic hydroxyl groups is 10. The summed E-state index contributed by atoms with van der Waals surface area (Å²) in [5.74, 6) is -1.89. The number of ether oxygens (including phenoxy) is 8. The van der Waals surface area contributed by atoms with Crippen LogP contribution >= 0.6 is 0 Å². The largest absolute Gasteiger partial charge is 0.481 e. The van der Waals surface area contributed by atoms with Crippen LogP contribution in [0.15, 0.2) is 11.6 Å². The van der Waals surface area contributed by atoms with E-state index in [1.54, 1.807) is 0 Å². The minimum absolute atomic E-state index is 0.0138. The molecule has 0 aromatic rings. The zero-order chi connectivity index (χ0) is 54.9. The van der Waals surface area contributed by atoms with Gasteiger partial charge >= 0.3 is 11.9 Å². The lowest BCUT2D eigenvalue weighted by Crippen LogP contribution is -2.68. The molecule has 5 aliphatic carbocycles. The third-order valence-corrected chi connectivity index (χ3v) is 21.0. The average Bonchev–Trinajstić information content (AvgIpc) is 3.36. The van der Waals surface area contributed by atoms with Crippen LogP contribution in [0.2, 0.25) is 0 Å². The molecule has 9 rings (SSSR count). The van der Waals surface area contributed by atoms with Crippen LogP contribution in [0.5, 0.6) is 0 Å². The SMILES string of the molecule is C[C@@H]1O[C@H](O[C@@H]2[C@H](O)[C@@H](O)[C@@H](O[C@@H]3[C@H](O)[C@@H](O)[C@H](O[C@H]4CC[C@]5(C)[C@H](CC[C@]6(C)[C@H]5CC=C5[C@@H]7CC(C)(C)CC[C@@]7(C(=O)O)CC[C@@]56C)C4(C)C)O[C@H]3C(=O)O)O[C@H]2CO)[C@H](O[C@H]2OC[C@H](O)[C@@H](O)[C@@H]2O)[C@@H](O)[C@@H]1O. The minimum atomic E-state index is -2.10. The van der Waals surface area contributed by atoms with Crippen molar-refractivity contribution in [3.05, 3.63) is 11.6 Å². The van der Waals surface area contributed by atoms with Gasteiger partial charge in [0, 0.05) is 0 Å². The number of carboxylic acids is 2. The van der Waals surface area contributed by atoms with Crippen LogP contribution < -0.4 is 0 Å². The van der Waals surface area contributed by atoms with Crippen LogP contribution in [-0.2, 0) is 47.5 Å². The quantitative estimate of drug-likeness (QED) is 0.0977. The van der Waals surface area contributed by atoms with Gasteiger partial charge in [-0.05, 0) is 116 Å². The van der Waals surface area contributed by atoms with Gasteiger partial charge in [0.15, 0.2) is 31.3 Å². The number of rotatable bonds is 11. The molecule has 4 aliphatic heterocycles. The summed E-state index contributed by atoms with van der Waals surface area (Å²) in [6, 6.07) is 0. The number of carboxylic acid groups (broad SMARTS) is 2. The zero-order valence-electron chi connectivity index (χ0n) is 44.3. The second-order valence-corrected chi connectivity index (χ2v) is 25.9. The van der Waals surface area contributed by atoms with E-state index in [1.165, 1.54) is 12.5 Å². The van der Waals surface area contributed by atoms with Crippen LogP contribution in [0.4, 0.5) is 0 Å². The minimum Gasteiger partial charge on any atom is -0.481 e. The first-order chi connectivity index (χ1) is 35.0. The third kappa shape index (κ3) is 9.36. The predicted octanol–water partition coefficient (Wildman–Crippen LogP) is 0.289. The maximum Gasteiger partial charge on any atom is 0.335 e. The molecule has 0 unspecified atom stereocenters. The van der Waals surface area contributed by atoms with E-state index in [2.05, 4.69) is 54.5 Å². The summed E-state index contributed by atoms with van der Waals surface area (Å²) < 4.78 is 46.9. The third-order valence-electron chi connectivity index (χ3n) is 21.0. The van der Waals surface area contributed by atoms with Crippen molar-refractivity contribution < 1.29 is 109 Å². The number of carbonyl (C=O) groups is 2. The fourth-order valence-electron chi connectivity index (χ4n) is 16.3. The second kappa shape index (κ2) is 20.5. The molecule has 428 valence electrons. The Hall–Kier alpha value is -2.04. The van der Waals surface area contributed by atoms with Gasteiger partial charge in [-0.15, -0.1) is 0 Å². The van der Waals surface area contributed by atoms with Gasteiger partial charge in [0.25, 0.3) is 0 Å². The Bertz CT molecular complexity index is 2120. The van der Waals surface area contributed by atoms with Crippen molar-refractivity contribution in [3.8, 4) is 0 Å². The van der Waals surface area contributed by atoms with Crippen LogP contribution in [0.1, 0.15) is 120 Å². The van der Waals surface area contributed by atoms with Crippen molar-refractivity contribution in [2.75, 3.05) is 13.2 Å². The first-order valence-corrected chi connectivity index (χ1v) is 27.1. The summed E-state index contributed by atoms with van der Waals surface area (Å²) in [7, 11) is 0. The van der Waals surface area contributed by atoms with Crippen molar-refractivity contribution in [1.29, 1.82) is 0 Å². The van der Waals surface area contributed by atoms with Crippen molar-refractivity contribution in [1.82, 2.24) is 0 Å². The molecule has 22 nitrogen and oxygen atoms in total. The molecule has 0 amide bonds. The highest BCUT2D eigenvalue weighted by atomic mass is 16.8. The van der Waals surface area contributed by atoms with E-state index in [0.29, 0.717) is 19.3 Å². The Kier molecular flexibility index (Phi) is 15.8. The van der Waals surface area contributed by atoms with E-state index in [0.717, 1.165) is 44.9 Å². The number of fused-ring (bicyclic) bond motifs is 7. The Morgan fingerprint density at radius 3 is 1.88 bits per heavy atom. The summed E-state index contributed by atoms with van der Waals surface area (Å²) in [4.78, 5) is 26.1. The number of aliphatic carboxylic acids is 2. The number of hydrogen-bond acceptors (Lipinski definition) is 20. The van der Waals surface area contributed by atoms with Crippen molar-refractivity contribution >= 4 is 11.9 Å². The lowest BCUT2D eigenvalue weighted by molar-refractivity contribution is -0.390. The molecule has 0 aromatic heterocycles. The van der Waals surface area contributed by atoms with Gasteiger partial charge in [0.2, 0.25) is 0 Å². The Morgan fingerprint density at radius 1 is 0.627 bits per heavy atom. The molecule has 75 heavy (non-hydrogen) atoms. The molecular weight excluding hydrogens is 989 g/mol. The normalized spacial score (nSPS) is 53.5. The molecule has 4 saturated heterocycles. The van der Waals surface area contributed by atoms with Gasteiger partial charge in [-0.25, -0.2) is 4.79 Å². The molecule has 12 N–H and O–H groups in total. The van der Waals surface area contributed by atoms with Gasteiger partial charge in [-0.1, -0.05) is 60.1 Å². The highest BCUT2D eigenvalue weighted by Crippen LogP contribution is 2.76.